The molecule has 0 aromatic rings. The molecule has 0 aromatic carbocycles. The van der Waals surface area contributed by atoms with Gasteiger partial charge in [-0.3, -0.25) is 0 Å². The van der Waals surface area contributed by atoms with Gasteiger partial charge in [-0.15, -0.1) is 73.1 Å². The molecule has 0 bridgehead atoms. The summed E-state index contributed by atoms with van der Waals surface area (Å²) >= 11 is 41.3. The molecule has 0 rings (SSSR count). The molecule has 0 saturated heterocycles. The van der Waals surface area contributed by atoms with Gasteiger partial charge in [0.15, 0.2) is 7.38 Å². The second kappa shape index (κ2) is 7.27. The van der Waals surface area contributed by atoms with Crippen LogP contribution in [0, 0.1) is 0 Å². The molecule has 0 amide bonds. The summed E-state index contributed by atoms with van der Waals surface area (Å²) in [6.45, 7) is 3.74. The van der Waals surface area contributed by atoms with Crippen LogP contribution in [-0.4, -0.2) is 19.4 Å². The van der Waals surface area contributed by atoms with Crippen LogP contribution in [0.25, 0.3) is 0 Å². The first-order valence-corrected chi connectivity index (χ1v) is 18.4. The lowest BCUT2D eigenvalue weighted by atomic mass is 10.9. The van der Waals surface area contributed by atoms with Crippen molar-refractivity contribution < 1.29 is 0 Å². The Labute approximate surface area is 132 Å². The van der Waals surface area contributed by atoms with Gasteiger partial charge in [-0.2, -0.15) is 11.1 Å². The molecule has 96 valence electrons. The van der Waals surface area contributed by atoms with Crippen LogP contribution in [0.15, 0.2) is 12.3 Å². The van der Waals surface area contributed by atoms with Gasteiger partial charge >= 0.3 is 12.0 Å². The van der Waals surface area contributed by atoms with Crippen LogP contribution in [0.4, 0.5) is 0 Å². The van der Waals surface area contributed by atoms with Crippen molar-refractivity contribution in [1.29, 1.82) is 0 Å². The minimum absolute atomic E-state index is 0.529. The maximum atomic E-state index is 6.45. The van der Waals surface area contributed by atoms with Crippen molar-refractivity contribution >= 4 is 96.9 Å². The Hall–Kier alpha value is 2.42. The van der Waals surface area contributed by atoms with Crippen LogP contribution in [0.5, 0.6) is 0 Å². The average Bonchev–Trinajstić information content (AvgIpc) is 2.09. The molecule has 0 N–H and O–H groups in total. The third kappa shape index (κ3) is 10.4. The van der Waals surface area contributed by atoms with Crippen molar-refractivity contribution in [1.82, 2.24) is 0 Å². The Balaban J connectivity index is 4.27. The first kappa shape index (κ1) is 18.4. The molecule has 0 atom stereocenters. The Kier molecular flexibility index (Phi) is 8.37. The van der Waals surface area contributed by atoms with Gasteiger partial charge in [0, 0.05) is 0 Å². The molecular formula is C6H11Cl7Si3. The zero-order chi connectivity index (χ0) is 13.0. The van der Waals surface area contributed by atoms with Crippen LogP contribution >= 0.6 is 77.6 Å². The highest BCUT2D eigenvalue weighted by molar-refractivity contribution is 7.65. The third-order valence-corrected chi connectivity index (χ3v) is 12.5. The van der Waals surface area contributed by atoms with Crippen molar-refractivity contribution in [3.63, 3.8) is 0 Å². The Bertz CT molecular complexity index is 215. The van der Waals surface area contributed by atoms with Crippen LogP contribution in [-0.2, 0) is 0 Å². The van der Waals surface area contributed by atoms with Gasteiger partial charge in [0.2, 0.25) is 0 Å². The van der Waals surface area contributed by atoms with Gasteiger partial charge < -0.3 is 0 Å². The molecule has 0 nitrogen and oxygen atoms in total. The Morgan fingerprint density at radius 1 is 0.688 bits per heavy atom. The zero-order valence-corrected chi connectivity index (χ0v) is 16.6. The summed E-state index contributed by atoms with van der Waals surface area (Å²) in [6.07, 6.45) is 0. The molecule has 0 heterocycles. The van der Waals surface area contributed by atoms with E-state index < -0.39 is 19.4 Å². The molecule has 0 fully saturated rings. The summed E-state index contributed by atoms with van der Waals surface area (Å²) in [4.78, 5) is 0. The molecule has 0 unspecified atom stereocenters. The second-order valence-corrected chi connectivity index (χ2v) is 27.8. The topological polar surface area (TPSA) is 0 Å². The maximum Gasteiger partial charge on any atom is 0.341 e. The molecule has 0 spiro atoms. The highest BCUT2D eigenvalue weighted by Crippen LogP contribution is 2.37. The van der Waals surface area contributed by atoms with Gasteiger partial charge in [-0.1, -0.05) is 5.70 Å². The Morgan fingerprint density at radius 2 is 1.00 bits per heavy atom. The summed E-state index contributed by atoms with van der Waals surface area (Å²) < 4.78 is 0. The normalized spacial score (nSPS) is 13.9. The zero-order valence-electron chi connectivity index (χ0n) is 8.26. The molecule has 0 aromatic heterocycles. The predicted molar refractivity (Wildman–Crippen MR) is 87.7 cm³/mol. The summed E-state index contributed by atoms with van der Waals surface area (Å²) in [6, 6.07) is -2.84. The fourth-order valence-electron chi connectivity index (χ4n) is 1.03. The van der Waals surface area contributed by atoms with E-state index in [1.54, 1.807) is 5.70 Å². The quantitative estimate of drug-likeness (QED) is 0.343. The molecule has 10 heteroatoms. The smallest absolute Gasteiger partial charge is 0.162 e. The summed E-state index contributed by atoms with van der Waals surface area (Å²) in [5.41, 5.74) is 1.77. The van der Waals surface area contributed by atoms with E-state index in [0.29, 0.717) is 24.2 Å². The lowest BCUT2D eigenvalue weighted by molar-refractivity contribution is 1.29. The van der Waals surface area contributed by atoms with E-state index in [9.17, 15) is 0 Å². The highest BCUT2D eigenvalue weighted by atomic mass is 35.8. The van der Waals surface area contributed by atoms with Crippen LogP contribution in [0.2, 0.25) is 24.2 Å². The lowest BCUT2D eigenvalue weighted by Crippen LogP contribution is -2.29. The van der Waals surface area contributed by atoms with Crippen molar-refractivity contribution in [2.45, 2.75) is 24.2 Å². The van der Waals surface area contributed by atoms with Crippen LogP contribution in [0.1, 0.15) is 0 Å². The van der Waals surface area contributed by atoms with Gasteiger partial charge in [-0.05, 0) is 24.2 Å². The SMILES string of the molecule is C=C[Si](Cl)(CC[Si](Cl)(Cl)Cl)CC[Si](Cl)(Cl)Cl. The highest BCUT2D eigenvalue weighted by Gasteiger charge is 2.36. The largest absolute Gasteiger partial charge is 0.341 e. The second-order valence-electron chi connectivity index (χ2n) is 3.47. The molecule has 0 radical (unpaired) electrons. The van der Waals surface area contributed by atoms with Crippen LogP contribution < -0.4 is 0 Å². The van der Waals surface area contributed by atoms with Crippen molar-refractivity contribution in [2.24, 2.45) is 0 Å². The van der Waals surface area contributed by atoms with E-state index in [-0.39, 0.29) is 0 Å². The molecule has 0 aliphatic carbocycles. The number of hydrogen-bond donors (Lipinski definition) is 0. The van der Waals surface area contributed by atoms with Gasteiger partial charge in [0.05, 0.1) is 0 Å². The summed E-state index contributed by atoms with van der Waals surface area (Å²) in [5, 5.41) is 0. The number of rotatable bonds is 7. The van der Waals surface area contributed by atoms with E-state index in [1.165, 1.54) is 0 Å². The fraction of sp³-hybridized carbons (Fsp3) is 0.667. The molecule has 16 heavy (non-hydrogen) atoms. The first-order valence-electron chi connectivity index (χ1n) is 4.43. The maximum absolute atomic E-state index is 6.45. The Morgan fingerprint density at radius 3 is 1.19 bits per heavy atom. The fourth-order valence-corrected chi connectivity index (χ4v) is 14.1. The van der Waals surface area contributed by atoms with Gasteiger partial charge in [0.1, 0.15) is 0 Å². The van der Waals surface area contributed by atoms with Gasteiger partial charge in [0.25, 0.3) is 0 Å². The standard InChI is InChI=1S/C6H11Cl7Si3/c1-2-14(7,3-5-15(8,9)10)4-6-16(11,12)13/h2H,1,3-6H2. The number of hydrogen-bond acceptors (Lipinski definition) is 0. The minimum Gasteiger partial charge on any atom is -0.162 e. The third-order valence-electron chi connectivity index (χ3n) is 2.01. The van der Waals surface area contributed by atoms with E-state index in [2.05, 4.69) is 6.58 Å². The van der Waals surface area contributed by atoms with E-state index in [1.807, 2.05) is 0 Å². The van der Waals surface area contributed by atoms with Crippen molar-refractivity contribution in [2.75, 3.05) is 0 Å². The summed E-state index contributed by atoms with van der Waals surface area (Å²) in [7, 11) is -2.14. The summed E-state index contributed by atoms with van der Waals surface area (Å²) in [5.74, 6) is 0. The average molecular weight is 416 g/mol. The van der Waals surface area contributed by atoms with E-state index in [4.69, 9.17) is 77.6 Å². The number of halogens is 7. The first-order chi connectivity index (χ1) is 6.97. The predicted octanol–water partition coefficient (Wildman–Crippen LogP) is 6.21. The lowest BCUT2D eigenvalue weighted by Gasteiger charge is -2.22. The van der Waals surface area contributed by atoms with Gasteiger partial charge in [-0.25, -0.2) is 0 Å². The minimum atomic E-state index is -2.63. The molecule has 0 saturated carbocycles. The van der Waals surface area contributed by atoms with E-state index >= 15 is 0 Å². The molecule has 0 aliphatic heterocycles. The van der Waals surface area contributed by atoms with Crippen molar-refractivity contribution in [3.05, 3.63) is 12.3 Å². The monoisotopic (exact) mass is 412 g/mol. The molecule has 0 aliphatic rings. The van der Waals surface area contributed by atoms with Crippen molar-refractivity contribution in [3.8, 4) is 0 Å². The van der Waals surface area contributed by atoms with Crippen LogP contribution in [0.3, 0.4) is 0 Å². The van der Waals surface area contributed by atoms with E-state index in [0.717, 1.165) is 0 Å². The molecular weight excluding hydrogens is 404 g/mol.